The Morgan fingerprint density at radius 2 is 1.60 bits per heavy atom. The number of unbranched alkanes of at least 4 members (excludes halogenated alkanes) is 1. The lowest BCUT2D eigenvalue weighted by molar-refractivity contribution is -0.141. The van der Waals surface area contributed by atoms with E-state index in [1.54, 1.807) is 7.11 Å². The number of carbonyl (C=O) groups is 1. The molecule has 4 rings (SSSR count). The van der Waals surface area contributed by atoms with Gasteiger partial charge < -0.3 is 49.5 Å². The zero-order valence-corrected chi connectivity index (χ0v) is 33.9. The van der Waals surface area contributed by atoms with Gasteiger partial charge in [0.15, 0.2) is 5.69 Å². The van der Waals surface area contributed by atoms with Crippen LogP contribution < -0.4 is 25.8 Å². The minimum Gasteiger partial charge on any atom is -0.494 e. The molecule has 2 heterocycles. The summed E-state index contributed by atoms with van der Waals surface area (Å²) in [5, 5.41) is 5.76. The van der Waals surface area contributed by atoms with Gasteiger partial charge in [-0.2, -0.15) is 13.2 Å². The topological polar surface area (TPSA) is 158 Å². The van der Waals surface area contributed by atoms with Gasteiger partial charge in [0, 0.05) is 26.7 Å². The number of nitrogens with one attached hydrogen (secondary N) is 2. The van der Waals surface area contributed by atoms with E-state index in [9.17, 15) is 18.0 Å². The van der Waals surface area contributed by atoms with Crippen LogP contribution in [0.3, 0.4) is 0 Å². The third-order valence-corrected chi connectivity index (χ3v) is 7.97. The number of anilines is 1. The predicted molar refractivity (Wildman–Crippen MR) is 213 cm³/mol. The molecule has 1 unspecified atom stereocenters. The van der Waals surface area contributed by atoms with Crippen molar-refractivity contribution in [3.05, 3.63) is 71.7 Å². The Morgan fingerprint density at radius 3 is 2.23 bits per heavy atom. The maximum absolute atomic E-state index is 12.4. The summed E-state index contributed by atoms with van der Waals surface area (Å²) in [7, 11) is 1.64. The second kappa shape index (κ2) is 30.1. The number of amides is 1. The van der Waals surface area contributed by atoms with Crippen molar-refractivity contribution in [1.82, 2.24) is 15.3 Å². The van der Waals surface area contributed by atoms with E-state index in [0.29, 0.717) is 91.8 Å². The fraction of sp³-hybridized carbons (Fsp3) is 0.585. The van der Waals surface area contributed by atoms with E-state index >= 15 is 0 Å². The van der Waals surface area contributed by atoms with E-state index in [-0.39, 0.29) is 17.8 Å². The van der Waals surface area contributed by atoms with E-state index in [4.69, 9.17) is 38.9 Å². The standard InChI is InChI=1S/C29H44N2O7.C10H12F3N3O.C2H6/c1-24-23-25(12-13-30)6-11-28(24)38-27-9-7-26(8-10-27)37-15-4-3-5-29(32)31-14-16-34-19-20-36-22-21-35-18-17-33-2;11-10(12,13)8-4-14-5-9(16-8)15-7-2-1-3-17-6-7;1-2/h6-11,23H,3-5,12-22,30H2,1-2H3,(H,31,32);4-5,7H,1-3,6H2,(H,15,16);1-2H3. The highest BCUT2D eigenvalue weighted by Crippen LogP contribution is 2.29. The molecule has 57 heavy (non-hydrogen) atoms. The van der Waals surface area contributed by atoms with Crippen molar-refractivity contribution >= 4 is 11.7 Å². The Hall–Kier alpha value is -4.06. The number of aromatic nitrogens is 2. The summed E-state index contributed by atoms with van der Waals surface area (Å²) in [6, 6.07) is 13.7. The molecule has 0 saturated carbocycles. The predicted octanol–water partition coefficient (Wildman–Crippen LogP) is 6.76. The Kier molecular flexibility index (Phi) is 25.9. The van der Waals surface area contributed by atoms with E-state index in [0.717, 1.165) is 54.9 Å². The van der Waals surface area contributed by atoms with Crippen molar-refractivity contribution in [2.24, 2.45) is 5.73 Å². The Balaban J connectivity index is 0.000000487. The van der Waals surface area contributed by atoms with Gasteiger partial charge in [0.05, 0.1) is 77.9 Å². The van der Waals surface area contributed by atoms with Gasteiger partial charge in [-0.15, -0.1) is 0 Å². The fourth-order valence-electron chi connectivity index (χ4n) is 5.13. The first-order valence-electron chi connectivity index (χ1n) is 19.6. The number of rotatable bonds is 24. The number of methoxy groups -OCH3 is 1. The minimum atomic E-state index is -4.46. The second-order valence-corrected chi connectivity index (χ2v) is 12.5. The van der Waals surface area contributed by atoms with Crippen LogP contribution in [0.15, 0.2) is 54.9 Å². The van der Waals surface area contributed by atoms with Gasteiger partial charge in [0.25, 0.3) is 0 Å². The van der Waals surface area contributed by atoms with Gasteiger partial charge in [-0.25, -0.2) is 4.98 Å². The first-order valence-corrected chi connectivity index (χ1v) is 19.6. The zero-order valence-electron chi connectivity index (χ0n) is 33.9. The molecule has 1 saturated heterocycles. The van der Waals surface area contributed by atoms with Crippen LogP contribution in [0.5, 0.6) is 17.2 Å². The molecule has 0 radical (unpaired) electrons. The van der Waals surface area contributed by atoms with Gasteiger partial charge in [0.1, 0.15) is 23.1 Å². The first-order chi connectivity index (χ1) is 27.7. The molecule has 3 aromatic rings. The highest BCUT2D eigenvalue weighted by Gasteiger charge is 2.33. The molecule has 1 aromatic heterocycles. The molecule has 320 valence electrons. The molecule has 4 N–H and O–H groups in total. The van der Waals surface area contributed by atoms with Crippen molar-refractivity contribution < 1.29 is 51.1 Å². The number of hydrogen-bond acceptors (Lipinski definition) is 12. The van der Waals surface area contributed by atoms with E-state index in [1.165, 1.54) is 11.8 Å². The van der Waals surface area contributed by atoms with Crippen molar-refractivity contribution in [3.63, 3.8) is 0 Å². The molecule has 1 aliphatic rings. The zero-order chi connectivity index (χ0) is 41.6. The fourth-order valence-corrected chi connectivity index (χ4v) is 5.13. The SMILES string of the molecule is CC.COCCOCCOCCOCCNC(=O)CCCCOc1ccc(Oc2ccc(CCN)cc2C)cc1.FC(F)(F)c1cncc(NC2CCCOC2)n1. The second-order valence-electron chi connectivity index (χ2n) is 12.5. The third kappa shape index (κ3) is 22.5. The number of carbonyl (C=O) groups excluding carboxylic acids is 1. The van der Waals surface area contributed by atoms with Crippen molar-refractivity contribution in [2.75, 3.05) is 91.6 Å². The van der Waals surface area contributed by atoms with Gasteiger partial charge in [-0.1, -0.05) is 26.0 Å². The molecule has 0 aliphatic carbocycles. The van der Waals surface area contributed by atoms with Crippen LogP contribution >= 0.6 is 0 Å². The first kappa shape index (κ1) is 49.1. The highest BCUT2D eigenvalue weighted by molar-refractivity contribution is 5.75. The maximum atomic E-state index is 12.4. The number of hydrogen-bond donors (Lipinski definition) is 3. The van der Waals surface area contributed by atoms with E-state index < -0.39 is 11.9 Å². The lowest BCUT2D eigenvalue weighted by atomic mass is 10.1. The molecule has 16 heteroatoms. The number of nitrogens with zero attached hydrogens (tertiary/aromatic N) is 2. The monoisotopic (exact) mass is 809 g/mol. The third-order valence-electron chi connectivity index (χ3n) is 7.97. The Bertz CT molecular complexity index is 1480. The summed E-state index contributed by atoms with van der Waals surface area (Å²) in [6.45, 7) is 12.6. The van der Waals surface area contributed by atoms with Crippen LogP contribution in [0.1, 0.15) is 62.8 Å². The van der Waals surface area contributed by atoms with Crippen molar-refractivity contribution in [1.29, 1.82) is 0 Å². The van der Waals surface area contributed by atoms with Gasteiger partial charge >= 0.3 is 6.18 Å². The van der Waals surface area contributed by atoms with Crippen molar-refractivity contribution in [2.45, 2.75) is 71.5 Å². The number of benzene rings is 2. The number of aryl methyl sites for hydroxylation is 1. The van der Waals surface area contributed by atoms with Crippen LogP contribution in [-0.4, -0.2) is 108 Å². The lowest BCUT2D eigenvalue weighted by Crippen LogP contribution is -2.30. The smallest absolute Gasteiger partial charge is 0.434 e. The van der Waals surface area contributed by atoms with Gasteiger partial charge in [-0.3, -0.25) is 9.78 Å². The largest absolute Gasteiger partial charge is 0.494 e. The molecule has 1 atom stereocenters. The summed E-state index contributed by atoms with van der Waals surface area (Å²) in [5.74, 6) is 2.51. The summed E-state index contributed by atoms with van der Waals surface area (Å²) in [4.78, 5) is 19.0. The summed E-state index contributed by atoms with van der Waals surface area (Å²) < 4.78 is 75.2. The number of nitrogens with two attached hydrogens (primary N) is 1. The molecular weight excluding hydrogens is 747 g/mol. The molecule has 1 fully saturated rings. The quantitative estimate of drug-likeness (QED) is 0.0819. The summed E-state index contributed by atoms with van der Waals surface area (Å²) >= 11 is 0. The average Bonchev–Trinajstić information content (AvgIpc) is 3.21. The van der Waals surface area contributed by atoms with Crippen LogP contribution in [0, 0.1) is 6.92 Å². The molecule has 0 spiro atoms. The van der Waals surface area contributed by atoms with Crippen LogP contribution in [0.4, 0.5) is 19.0 Å². The minimum absolute atomic E-state index is 0.00142. The van der Waals surface area contributed by atoms with Crippen molar-refractivity contribution in [3.8, 4) is 17.2 Å². The maximum Gasteiger partial charge on any atom is 0.434 e. The molecule has 13 nitrogen and oxygen atoms in total. The van der Waals surface area contributed by atoms with Crippen LogP contribution in [0.2, 0.25) is 0 Å². The normalized spacial score (nSPS) is 13.7. The van der Waals surface area contributed by atoms with E-state index in [2.05, 4.69) is 26.7 Å². The van der Waals surface area contributed by atoms with Gasteiger partial charge in [0.2, 0.25) is 5.91 Å². The number of alkyl halides is 3. The van der Waals surface area contributed by atoms with Crippen LogP contribution in [-0.2, 0) is 41.1 Å². The lowest BCUT2D eigenvalue weighted by Gasteiger charge is -2.23. The molecular formula is C41H62F3N5O8. The Morgan fingerprint density at radius 1 is 0.912 bits per heavy atom. The number of ether oxygens (including phenoxy) is 7. The molecule has 2 aromatic carbocycles. The molecule has 1 amide bonds. The van der Waals surface area contributed by atoms with Gasteiger partial charge in [-0.05, 0) is 87.0 Å². The summed E-state index contributed by atoms with van der Waals surface area (Å²) in [6.07, 6.45) is 2.15. The average molecular weight is 810 g/mol. The van der Waals surface area contributed by atoms with E-state index in [1.807, 2.05) is 57.2 Å². The Labute approximate surface area is 335 Å². The summed E-state index contributed by atoms with van der Waals surface area (Å²) in [5.41, 5.74) is 6.93. The number of halogens is 3. The van der Waals surface area contributed by atoms with Crippen LogP contribution in [0.25, 0.3) is 0 Å². The molecule has 0 bridgehead atoms. The highest BCUT2D eigenvalue weighted by atomic mass is 19.4. The molecule has 1 aliphatic heterocycles.